The molecular weight excluding hydrogens is 448 g/mol. The molecule has 0 saturated carbocycles. The molecule has 0 N–H and O–H groups in total. The van der Waals surface area contributed by atoms with Crippen LogP contribution in [-0.2, 0) is 20.7 Å². The van der Waals surface area contributed by atoms with Gasteiger partial charge >= 0.3 is 11.9 Å². The van der Waals surface area contributed by atoms with Gasteiger partial charge in [0.25, 0.3) is 5.56 Å². The van der Waals surface area contributed by atoms with Crippen LogP contribution in [0.25, 0.3) is 11.4 Å². The average Bonchev–Trinajstić information content (AvgIpc) is 3.08. The van der Waals surface area contributed by atoms with E-state index in [1.54, 1.807) is 49.7 Å². The summed E-state index contributed by atoms with van der Waals surface area (Å²) in [6.45, 7) is 8.32. The quantitative estimate of drug-likeness (QED) is 0.248. The predicted molar refractivity (Wildman–Crippen MR) is 132 cm³/mol. The fraction of sp³-hybridized carbons (Fsp3) is 0.370. The average molecular weight is 481 g/mol. The summed E-state index contributed by atoms with van der Waals surface area (Å²) in [6, 6.07) is 16.0. The van der Waals surface area contributed by atoms with Crippen molar-refractivity contribution in [2.45, 2.75) is 53.9 Å². The van der Waals surface area contributed by atoms with Crippen LogP contribution in [-0.4, -0.2) is 28.1 Å². The lowest BCUT2D eigenvalue weighted by Crippen LogP contribution is -2.25. The number of carbonyl (C=O) groups excluding carboxylic acids is 2. The molecule has 3 aromatic rings. The van der Waals surface area contributed by atoms with Gasteiger partial charge in [0.2, 0.25) is 12.7 Å². The van der Waals surface area contributed by atoms with Crippen LogP contribution in [0, 0.1) is 5.41 Å². The molecule has 0 atom stereocenters. The van der Waals surface area contributed by atoms with Gasteiger partial charge in [-0.05, 0) is 70.0 Å². The van der Waals surface area contributed by atoms with Gasteiger partial charge in [-0.2, -0.15) is 0 Å². The minimum atomic E-state index is -0.684. The number of unbranched alkanes of at least 4 members (excludes halogenated alkanes) is 1. The van der Waals surface area contributed by atoms with Crippen LogP contribution in [0.1, 0.15) is 53.0 Å². The Morgan fingerprint density at radius 1 is 0.914 bits per heavy atom. The number of carbonyl (C=O) groups is 2. The minimum Gasteiger partial charge on any atom is -0.440 e. The first-order valence-corrected chi connectivity index (χ1v) is 11.6. The van der Waals surface area contributed by atoms with Gasteiger partial charge in [0.05, 0.1) is 22.4 Å². The summed E-state index contributed by atoms with van der Waals surface area (Å²) in [5, 5.41) is 0. The summed E-state index contributed by atoms with van der Waals surface area (Å²) in [5.74, 6) is -0.148. The molecule has 0 bridgehead atoms. The second-order valence-electron chi connectivity index (χ2n) is 9.18. The molecule has 0 unspecified atom stereocenters. The van der Waals surface area contributed by atoms with Crippen molar-refractivity contribution in [1.82, 2.24) is 9.36 Å². The third kappa shape index (κ3) is 6.20. The summed E-state index contributed by atoms with van der Waals surface area (Å²) < 4.78 is 19.7. The van der Waals surface area contributed by atoms with Crippen LogP contribution < -0.4 is 15.0 Å². The first kappa shape index (κ1) is 25.8. The van der Waals surface area contributed by atoms with Gasteiger partial charge in [-0.1, -0.05) is 31.5 Å². The summed E-state index contributed by atoms with van der Waals surface area (Å²) in [7, 11) is 0. The number of ether oxygens (including phenoxy) is 3. The number of nitrogens with zero attached hydrogens (tertiary/aromatic N) is 2. The molecule has 8 heteroatoms. The molecule has 0 fully saturated rings. The van der Waals surface area contributed by atoms with Crippen molar-refractivity contribution >= 4 is 11.9 Å². The summed E-state index contributed by atoms with van der Waals surface area (Å²) in [6.07, 6.45) is 2.19. The van der Waals surface area contributed by atoms with Crippen molar-refractivity contribution in [1.29, 1.82) is 0 Å². The van der Waals surface area contributed by atoms with Crippen LogP contribution in [0.2, 0.25) is 0 Å². The highest BCUT2D eigenvalue weighted by molar-refractivity contribution is 5.75. The van der Waals surface area contributed by atoms with Crippen LogP contribution in [0.3, 0.4) is 0 Å². The van der Waals surface area contributed by atoms with Crippen molar-refractivity contribution in [3.63, 3.8) is 0 Å². The number of hydrogen-bond acceptors (Lipinski definition) is 6. The molecule has 3 rings (SSSR count). The van der Waals surface area contributed by atoms with E-state index in [0.29, 0.717) is 35.0 Å². The Bertz CT molecular complexity index is 1220. The number of rotatable bonds is 9. The van der Waals surface area contributed by atoms with Crippen molar-refractivity contribution in [3.05, 3.63) is 70.5 Å². The van der Waals surface area contributed by atoms with E-state index < -0.39 is 17.4 Å². The number of hydrogen-bond donors (Lipinski definition) is 0. The predicted octanol–water partition coefficient (Wildman–Crippen LogP) is 4.82. The zero-order chi connectivity index (χ0) is 25.6. The number of para-hydroxylation sites is 1. The number of benzene rings is 2. The highest BCUT2D eigenvalue weighted by atomic mass is 16.7. The smallest absolute Gasteiger partial charge is 0.314 e. The van der Waals surface area contributed by atoms with Crippen LogP contribution >= 0.6 is 0 Å². The summed E-state index contributed by atoms with van der Waals surface area (Å²) >= 11 is 0. The number of aromatic nitrogens is 2. The molecule has 0 aliphatic rings. The van der Waals surface area contributed by atoms with Gasteiger partial charge < -0.3 is 14.2 Å². The highest BCUT2D eigenvalue weighted by Gasteiger charge is 2.26. The molecule has 0 radical (unpaired) electrons. The van der Waals surface area contributed by atoms with Crippen molar-refractivity contribution in [2.75, 3.05) is 6.79 Å². The van der Waals surface area contributed by atoms with Gasteiger partial charge in [0.15, 0.2) is 0 Å². The van der Waals surface area contributed by atoms with E-state index in [9.17, 15) is 14.4 Å². The van der Waals surface area contributed by atoms with Crippen molar-refractivity contribution in [2.24, 2.45) is 5.41 Å². The Kier molecular flexibility index (Phi) is 8.17. The Balaban J connectivity index is 2.14. The maximum absolute atomic E-state index is 13.6. The molecule has 2 aromatic carbocycles. The van der Waals surface area contributed by atoms with E-state index in [4.69, 9.17) is 14.2 Å². The summed E-state index contributed by atoms with van der Waals surface area (Å²) in [5.41, 5.74) is 0.858. The van der Waals surface area contributed by atoms with Gasteiger partial charge in [-0.3, -0.25) is 14.4 Å². The van der Waals surface area contributed by atoms with E-state index in [1.807, 2.05) is 37.3 Å². The van der Waals surface area contributed by atoms with Crippen molar-refractivity contribution < 1.29 is 23.8 Å². The zero-order valence-electron chi connectivity index (χ0n) is 20.9. The molecule has 1 heterocycles. The fourth-order valence-electron chi connectivity index (χ4n) is 3.46. The van der Waals surface area contributed by atoms with Crippen LogP contribution in [0.5, 0.6) is 11.6 Å². The molecule has 0 aliphatic heterocycles. The van der Waals surface area contributed by atoms with E-state index in [1.165, 1.54) is 11.6 Å². The molecule has 0 spiro atoms. The molecule has 0 amide bonds. The van der Waals surface area contributed by atoms with Crippen molar-refractivity contribution in [3.8, 4) is 23.0 Å². The third-order valence-electron chi connectivity index (χ3n) is 5.22. The zero-order valence-corrected chi connectivity index (χ0v) is 20.9. The Morgan fingerprint density at radius 2 is 1.54 bits per heavy atom. The molecule has 8 nitrogen and oxygen atoms in total. The Labute approximate surface area is 205 Å². The van der Waals surface area contributed by atoms with Gasteiger partial charge in [-0.15, -0.1) is 0 Å². The standard InChI is InChI=1S/C27H32N2O6/c1-6-7-13-23-24(31)28(20-11-9-8-10-12-20)29(21-14-16-22(17-15-21)35-19(2)30)25(23)33-18-34-26(32)27(3,4)5/h8-12,14-17H,6-7,13,18H2,1-5H3. The van der Waals surface area contributed by atoms with E-state index >= 15 is 0 Å². The molecular formula is C27H32N2O6. The van der Waals surface area contributed by atoms with E-state index in [2.05, 4.69) is 0 Å². The number of esters is 2. The Hall–Kier alpha value is -3.81. The fourth-order valence-corrected chi connectivity index (χ4v) is 3.46. The third-order valence-corrected chi connectivity index (χ3v) is 5.22. The molecule has 186 valence electrons. The lowest BCUT2D eigenvalue weighted by atomic mass is 9.98. The van der Waals surface area contributed by atoms with Crippen LogP contribution in [0.15, 0.2) is 59.4 Å². The maximum atomic E-state index is 13.6. The maximum Gasteiger partial charge on any atom is 0.314 e. The lowest BCUT2D eigenvalue weighted by molar-refractivity contribution is -0.159. The first-order chi connectivity index (χ1) is 16.6. The topological polar surface area (TPSA) is 88.8 Å². The van der Waals surface area contributed by atoms with Gasteiger partial charge in [-0.25, -0.2) is 9.36 Å². The largest absolute Gasteiger partial charge is 0.440 e. The lowest BCUT2D eigenvalue weighted by Gasteiger charge is -2.19. The minimum absolute atomic E-state index is 0.217. The van der Waals surface area contributed by atoms with E-state index in [-0.39, 0.29) is 12.4 Å². The molecule has 0 aliphatic carbocycles. The highest BCUT2D eigenvalue weighted by Crippen LogP contribution is 2.27. The first-order valence-electron chi connectivity index (χ1n) is 11.6. The normalized spacial score (nSPS) is 11.2. The summed E-state index contributed by atoms with van der Waals surface area (Å²) in [4.78, 5) is 37.2. The second kappa shape index (κ2) is 11.1. The van der Waals surface area contributed by atoms with Crippen LogP contribution in [0.4, 0.5) is 0 Å². The monoisotopic (exact) mass is 480 g/mol. The Morgan fingerprint density at radius 3 is 2.11 bits per heavy atom. The molecule has 35 heavy (non-hydrogen) atoms. The molecule has 1 aromatic heterocycles. The second-order valence-corrected chi connectivity index (χ2v) is 9.18. The SMILES string of the molecule is CCCCc1c(OCOC(=O)C(C)(C)C)n(-c2ccc(OC(C)=O)cc2)n(-c2ccccc2)c1=O. The van der Waals surface area contributed by atoms with Gasteiger partial charge in [0.1, 0.15) is 5.75 Å². The van der Waals surface area contributed by atoms with Gasteiger partial charge in [0, 0.05) is 6.92 Å². The molecule has 0 saturated heterocycles. The van der Waals surface area contributed by atoms with E-state index in [0.717, 1.165) is 12.8 Å².